The van der Waals surface area contributed by atoms with Gasteiger partial charge in [0.2, 0.25) is 11.8 Å². The number of anilines is 1. The maximum absolute atomic E-state index is 13.2. The number of benzene rings is 2. The van der Waals surface area contributed by atoms with Crippen LogP contribution in [0.4, 0.5) is 5.69 Å². The molecule has 2 fully saturated rings. The summed E-state index contributed by atoms with van der Waals surface area (Å²) in [6.07, 6.45) is 0. The molecule has 0 aromatic heterocycles. The van der Waals surface area contributed by atoms with Crippen molar-refractivity contribution in [3.05, 3.63) is 54.1 Å². The van der Waals surface area contributed by atoms with Crippen LogP contribution in [0.15, 0.2) is 48.5 Å². The van der Waals surface area contributed by atoms with E-state index in [0.717, 1.165) is 4.90 Å². The number of methoxy groups -OCH3 is 1. The van der Waals surface area contributed by atoms with Crippen molar-refractivity contribution in [2.75, 3.05) is 12.0 Å². The summed E-state index contributed by atoms with van der Waals surface area (Å²) in [7, 11) is 1.39. The third-order valence-electron chi connectivity index (χ3n) is 5.34. The second-order valence-corrected chi connectivity index (χ2v) is 6.76. The summed E-state index contributed by atoms with van der Waals surface area (Å²) in [4.78, 5) is 39.0. The van der Waals surface area contributed by atoms with Crippen LogP contribution in [0.1, 0.15) is 11.6 Å². The van der Waals surface area contributed by atoms with Crippen LogP contribution in [-0.4, -0.2) is 41.1 Å². The van der Waals surface area contributed by atoms with Crippen LogP contribution in [-0.2, 0) is 14.4 Å². The van der Waals surface area contributed by atoms with Gasteiger partial charge in [0.15, 0.2) is 11.5 Å². The van der Waals surface area contributed by atoms with Gasteiger partial charge in [-0.1, -0.05) is 30.3 Å². The molecule has 0 bridgehead atoms. The lowest BCUT2D eigenvalue weighted by atomic mass is 9.86. The molecule has 4 rings (SSSR count). The predicted molar refractivity (Wildman–Crippen MR) is 97.9 cm³/mol. The highest BCUT2D eigenvalue weighted by Crippen LogP contribution is 2.48. The molecule has 2 saturated heterocycles. The minimum atomic E-state index is -1.24. The van der Waals surface area contributed by atoms with Gasteiger partial charge in [-0.2, -0.15) is 0 Å². The van der Waals surface area contributed by atoms with Gasteiger partial charge < -0.3 is 14.9 Å². The van der Waals surface area contributed by atoms with Crippen LogP contribution in [0.2, 0.25) is 0 Å². The van der Waals surface area contributed by atoms with Crippen molar-refractivity contribution < 1.29 is 29.3 Å². The van der Waals surface area contributed by atoms with Gasteiger partial charge in [-0.15, -0.1) is 0 Å². The number of fused-ring (bicyclic) bond motifs is 1. The maximum atomic E-state index is 13.2. The number of phenolic OH excluding ortho intramolecular Hbond substituents is 1. The van der Waals surface area contributed by atoms with Crippen LogP contribution in [0.25, 0.3) is 0 Å². The van der Waals surface area contributed by atoms with E-state index in [-0.39, 0.29) is 11.5 Å². The molecule has 8 nitrogen and oxygen atoms in total. The van der Waals surface area contributed by atoms with E-state index in [2.05, 4.69) is 5.32 Å². The number of amides is 2. The third-order valence-corrected chi connectivity index (χ3v) is 5.34. The van der Waals surface area contributed by atoms with Crippen LogP contribution in [0, 0.1) is 11.8 Å². The maximum Gasteiger partial charge on any atom is 0.321 e. The number of phenols is 1. The highest BCUT2D eigenvalue weighted by molar-refractivity contribution is 6.23. The molecule has 2 aliphatic heterocycles. The molecule has 2 aliphatic rings. The van der Waals surface area contributed by atoms with Gasteiger partial charge in [0.25, 0.3) is 0 Å². The quantitative estimate of drug-likeness (QED) is 0.683. The number of nitrogens with zero attached hydrogens (tertiary/aromatic N) is 1. The number of carboxylic acid groups (broad SMARTS) is 1. The van der Waals surface area contributed by atoms with E-state index in [9.17, 15) is 24.6 Å². The lowest BCUT2D eigenvalue weighted by Gasteiger charge is -2.22. The fourth-order valence-electron chi connectivity index (χ4n) is 4.11. The van der Waals surface area contributed by atoms with Crippen LogP contribution < -0.4 is 15.0 Å². The first kappa shape index (κ1) is 18.0. The second kappa shape index (κ2) is 6.65. The molecule has 4 atom stereocenters. The smallest absolute Gasteiger partial charge is 0.321 e. The second-order valence-electron chi connectivity index (χ2n) is 6.76. The largest absolute Gasteiger partial charge is 0.504 e. The number of imide groups is 1. The van der Waals surface area contributed by atoms with Gasteiger partial charge >= 0.3 is 5.97 Å². The predicted octanol–water partition coefficient (Wildman–Crippen LogP) is 1.30. The number of nitrogens with one attached hydrogen (secondary N) is 1. The molecule has 8 heteroatoms. The number of carbonyl (C=O) groups is 3. The summed E-state index contributed by atoms with van der Waals surface area (Å²) in [6.45, 7) is 0. The Morgan fingerprint density at radius 1 is 1.04 bits per heavy atom. The molecule has 0 saturated carbocycles. The van der Waals surface area contributed by atoms with Crippen molar-refractivity contribution in [1.82, 2.24) is 5.32 Å². The summed E-state index contributed by atoms with van der Waals surface area (Å²) >= 11 is 0. The number of rotatable bonds is 4. The number of aromatic hydroxyl groups is 1. The van der Waals surface area contributed by atoms with Crippen molar-refractivity contribution in [3.8, 4) is 11.5 Å². The average Bonchev–Trinajstić information content (AvgIpc) is 3.20. The molecule has 2 aromatic carbocycles. The zero-order valence-corrected chi connectivity index (χ0v) is 14.9. The lowest BCUT2D eigenvalue weighted by Crippen LogP contribution is -2.43. The van der Waals surface area contributed by atoms with Crippen LogP contribution in [0.5, 0.6) is 11.5 Å². The average molecular weight is 382 g/mol. The SMILES string of the molecule is COc1cccc([C@@H]2N[C@H](C(=O)O)[C@@H]3C(=O)N(c4ccccc4)C(=O)[C@H]32)c1O. The number of hydrogen-bond acceptors (Lipinski definition) is 6. The molecule has 2 heterocycles. The highest BCUT2D eigenvalue weighted by Gasteiger charge is 2.61. The Morgan fingerprint density at radius 2 is 1.71 bits per heavy atom. The molecule has 28 heavy (non-hydrogen) atoms. The molecule has 3 N–H and O–H groups in total. The summed E-state index contributed by atoms with van der Waals surface area (Å²) in [5, 5.41) is 23.0. The van der Waals surface area contributed by atoms with Gasteiger partial charge in [-0.3, -0.25) is 19.7 Å². The summed E-state index contributed by atoms with van der Waals surface area (Å²) in [6, 6.07) is 11.1. The number of carbonyl (C=O) groups excluding carboxylic acids is 2. The Kier molecular flexibility index (Phi) is 4.27. The Bertz CT molecular complexity index is 960. The minimum absolute atomic E-state index is 0.189. The minimum Gasteiger partial charge on any atom is -0.504 e. The van der Waals surface area contributed by atoms with E-state index >= 15 is 0 Å². The van der Waals surface area contributed by atoms with E-state index in [0.29, 0.717) is 11.3 Å². The Balaban J connectivity index is 1.81. The fourth-order valence-corrected chi connectivity index (χ4v) is 4.11. The molecule has 0 aliphatic carbocycles. The van der Waals surface area contributed by atoms with Gasteiger partial charge in [-0.25, -0.2) is 4.90 Å². The van der Waals surface area contributed by atoms with Crippen molar-refractivity contribution in [1.29, 1.82) is 0 Å². The van der Waals surface area contributed by atoms with E-state index < -0.39 is 41.7 Å². The zero-order valence-electron chi connectivity index (χ0n) is 14.9. The normalized spacial score (nSPS) is 26.4. The molecular formula is C20H18N2O6. The molecule has 2 amide bonds. The molecule has 0 spiro atoms. The summed E-state index contributed by atoms with van der Waals surface area (Å²) < 4.78 is 5.11. The van der Waals surface area contributed by atoms with E-state index in [1.54, 1.807) is 48.5 Å². The number of hydrogen-bond donors (Lipinski definition) is 3. The first-order chi connectivity index (χ1) is 13.5. The molecule has 144 valence electrons. The Morgan fingerprint density at radius 3 is 2.36 bits per heavy atom. The van der Waals surface area contributed by atoms with Crippen LogP contribution >= 0.6 is 0 Å². The third kappa shape index (κ3) is 2.53. The van der Waals surface area contributed by atoms with E-state index in [4.69, 9.17) is 4.74 Å². The van der Waals surface area contributed by atoms with Gasteiger partial charge in [-0.05, 0) is 18.2 Å². The lowest BCUT2D eigenvalue weighted by molar-refractivity contribution is -0.142. The van der Waals surface area contributed by atoms with Gasteiger partial charge in [0.1, 0.15) is 6.04 Å². The van der Waals surface area contributed by atoms with Crippen LogP contribution in [0.3, 0.4) is 0 Å². The molecular weight excluding hydrogens is 364 g/mol. The van der Waals surface area contributed by atoms with Crippen molar-refractivity contribution in [3.63, 3.8) is 0 Å². The zero-order chi connectivity index (χ0) is 20.0. The summed E-state index contributed by atoms with van der Waals surface area (Å²) in [5.41, 5.74) is 0.707. The standard InChI is InChI=1S/C20H18N2O6/c1-28-12-9-5-8-11(17(12)23)15-13-14(16(21-15)20(26)27)19(25)22(18(13)24)10-6-3-2-4-7-10/h2-9,13-16,21,23H,1H3,(H,26,27)/t13-,14-,15+,16+/m1/s1. The van der Waals surface area contributed by atoms with Crippen molar-refractivity contribution in [2.24, 2.45) is 11.8 Å². The van der Waals surface area contributed by atoms with E-state index in [1.165, 1.54) is 7.11 Å². The summed E-state index contributed by atoms with van der Waals surface area (Å²) in [5.74, 6) is -4.30. The highest BCUT2D eigenvalue weighted by atomic mass is 16.5. The van der Waals surface area contributed by atoms with Gasteiger partial charge in [0.05, 0.1) is 24.6 Å². The number of carboxylic acids is 1. The first-order valence-electron chi connectivity index (χ1n) is 8.73. The topological polar surface area (TPSA) is 116 Å². The van der Waals surface area contributed by atoms with E-state index in [1.807, 2.05) is 0 Å². The molecule has 2 aromatic rings. The fraction of sp³-hybridized carbons (Fsp3) is 0.250. The number of aliphatic carboxylic acids is 1. The molecule has 0 radical (unpaired) electrons. The Labute approximate surface area is 160 Å². The first-order valence-corrected chi connectivity index (χ1v) is 8.73. The monoisotopic (exact) mass is 382 g/mol. The number of ether oxygens (including phenoxy) is 1. The van der Waals surface area contributed by atoms with Crippen molar-refractivity contribution >= 4 is 23.5 Å². The Hall–Kier alpha value is -3.39. The van der Waals surface area contributed by atoms with Crippen molar-refractivity contribution in [2.45, 2.75) is 12.1 Å². The number of para-hydroxylation sites is 2. The molecule has 0 unspecified atom stereocenters. The van der Waals surface area contributed by atoms with Gasteiger partial charge in [0, 0.05) is 11.6 Å².